The summed E-state index contributed by atoms with van der Waals surface area (Å²) in [7, 11) is 0. The lowest BCUT2D eigenvalue weighted by molar-refractivity contribution is -0.143. The van der Waals surface area contributed by atoms with E-state index in [0.717, 1.165) is 90.5 Å². The second kappa shape index (κ2) is 23.9. The number of carboxylic acid groups (broad SMARTS) is 1. The summed E-state index contributed by atoms with van der Waals surface area (Å²) in [5.41, 5.74) is 8.83. The summed E-state index contributed by atoms with van der Waals surface area (Å²) >= 11 is 0. The molecule has 342 valence electrons. The van der Waals surface area contributed by atoms with E-state index in [4.69, 9.17) is 23.3 Å². The SMILES string of the molecule is CCOC(=O)CCc1ccc(OCCc2nc(-c3ccccc3)oc2C)cc1.Cc1oc(-c2ccccc2)nc1CCCc1ccc(CC[C@@H]2CN(Cc3ccccc3)C[C@@H]2C(=O)O)cc1. The fourth-order valence-corrected chi connectivity index (χ4v) is 8.41. The van der Waals surface area contributed by atoms with Crippen molar-refractivity contribution in [1.29, 1.82) is 0 Å². The molecule has 1 saturated heterocycles. The van der Waals surface area contributed by atoms with E-state index in [1.54, 1.807) is 0 Å². The molecule has 5 aromatic carbocycles. The maximum Gasteiger partial charge on any atom is 0.308 e. The molecule has 1 aliphatic heterocycles. The van der Waals surface area contributed by atoms with Gasteiger partial charge in [0.1, 0.15) is 17.3 Å². The van der Waals surface area contributed by atoms with E-state index in [0.29, 0.717) is 50.8 Å². The Labute approximate surface area is 388 Å². The number of ether oxygens (including phenoxy) is 2. The van der Waals surface area contributed by atoms with Crippen molar-refractivity contribution in [2.45, 2.75) is 78.7 Å². The molecular formula is C56H61N3O7. The molecule has 66 heavy (non-hydrogen) atoms. The van der Waals surface area contributed by atoms with Crippen LogP contribution in [0.4, 0.5) is 0 Å². The van der Waals surface area contributed by atoms with E-state index < -0.39 is 5.97 Å². The quantitative estimate of drug-likeness (QED) is 0.0739. The van der Waals surface area contributed by atoms with Crippen LogP contribution >= 0.6 is 0 Å². The molecule has 0 bridgehead atoms. The Bertz CT molecular complexity index is 2550. The molecule has 8 rings (SSSR count). The van der Waals surface area contributed by atoms with Crippen LogP contribution in [0, 0.1) is 25.7 Å². The van der Waals surface area contributed by atoms with E-state index in [1.807, 2.05) is 124 Å². The fraction of sp³-hybridized carbons (Fsp3) is 0.321. The number of esters is 1. The van der Waals surface area contributed by atoms with Crippen LogP contribution in [-0.4, -0.2) is 58.2 Å². The molecule has 1 fully saturated rings. The average Bonchev–Trinajstić information content (AvgIpc) is 4.05. The largest absolute Gasteiger partial charge is 0.493 e. The first-order chi connectivity index (χ1) is 32.2. The van der Waals surface area contributed by atoms with Crippen molar-refractivity contribution >= 4 is 11.9 Å². The van der Waals surface area contributed by atoms with E-state index >= 15 is 0 Å². The highest BCUT2D eigenvalue weighted by Gasteiger charge is 2.37. The number of oxazole rings is 2. The number of benzene rings is 5. The fourth-order valence-electron chi connectivity index (χ4n) is 8.41. The molecule has 0 radical (unpaired) electrons. The van der Waals surface area contributed by atoms with Crippen molar-refractivity contribution in [3.05, 3.63) is 185 Å². The van der Waals surface area contributed by atoms with E-state index in [1.165, 1.54) is 16.7 Å². The highest BCUT2D eigenvalue weighted by molar-refractivity contribution is 5.71. The van der Waals surface area contributed by atoms with Gasteiger partial charge in [0.2, 0.25) is 11.8 Å². The van der Waals surface area contributed by atoms with Gasteiger partial charge in [-0.1, -0.05) is 103 Å². The van der Waals surface area contributed by atoms with Crippen LogP contribution in [0.1, 0.15) is 71.3 Å². The van der Waals surface area contributed by atoms with Crippen molar-refractivity contribution in [3.63, 3.8) is 0 Å². The zero-order chi connectivity index (χ0) is 46.1. The number of carbonyl (C=O) groups is 2. The third-order valence-corrected chi connectivity index (χ3v) is 12.1. The summed E-state index contributed by atoms with van der Waals surface area (Å²) in [5.74, 6) is 2.90. The molecular weight excluding hydrogens is 827 g/mol. The Balaban J connectivity index is 0.000000206. The van der Waals surface area contributed by atoms with Gasteiger partial charge < -0.3 is 23.4 Å². The standard InChI is InChI=1S/C33H36N2O3.C23H25NO4/c1-24-31(34-32(38-24)28-12-6-3-7-13-28)14-8-11-25-15-17-26(18-16-25)19-20-29-22-35(23-30(29)33(36)37)21-27-9-4-2-5-10-27;1-3-26-22(25)14-11-18-9-12-20(13-10-18)27-16-15-21-17(2)28-23(24-21)19-7-5-4-6-8-19/h2-7,9-10,12-13,15-18,29-30H,8,11,14,19-23H2,1H3,(H,36,37);4-10,12-13H,3,11,14-16H2,1-2H3/t29-,30+;/m1./s1. The lowest BCUT2D eigenvalue weighted by atomic mass is 9.90. The number of hydrogen-bond acceptors (Lipinski definition) is 9. The second-order valence-electron chi connectivity index (χ2n) is 16.9. The van der Waals surface area contributed by atoms with Crippen LogP contribution in [-0.2, 0) is 53.0 Å². The Kier molecular flexibility index (Phi) is 17.1. The van der Waals surface area contributed by atoms with Gasteiger partial charge >= 0.3 is 11.9 Å². The summed E-state index contributed by atoms with van der Waals surface area (Å²) < 4.78 is 22.4. The Morgan fingerprint density at radius 2 is 1.17 bits per heavy atom. The van der Waals surface area contributed by atoms with Crippen LogP contribution in [0.25, 0.3) is 22.9 Å². The first kappa shape index (κ1) is 47.2. The molecule has 10 heteroatoms. The summed E-state index contributed by atoms with van der Waals surface area (Å²) in [6, 6.07) is 46.8. The van der Waals surface area contributed by atoms with Gasteiger partial charge in [-0.05, 0) is 124 Å². The van der Waals surface area contributed by atoms with Crippen LogP contribution < -0.4 is 4.74 Å². The molecule has 1 aliphatic rings. The van der Waals surface area contributed by atoms with Gasteiger partial charge in [-0.15, -0.1) is 0 Å². The smallest absolute Gasteiger partial charge is 0.308 e. The second-order valence-corrected chi connectivity index (χ2v) is 16.9. The summed E-state index contributed by atoms with van der Waals surface area (Å²) in [5, 5.41) is 9.81. The van der Waals surface area contributed by atoms with Crippen LogP contribution in [0.3, 0.4) is 0 Å². The molecule has 1 N–H and O–H groups in total. The first-order valence-corrected chi connectivity index (χ1v) is 23.2. The molecule has 2 aromatic heterocycles. The van der Waals surface area contributed by atoms with Crippen LogP contribution in [0.15, 0.2) is 148 Å². The Morgan fingerprint density at radius 1 is 0.636 bits per heavy atom. The number of aromatic nitrogens is 2. The van der Waals surface area contributed by atoms with Gasteiger partial charge in [-0.25, -0.2) is 9.97 Å². The minimum absolute atomic E-state index is 0.166. The van der Waals surface area contributed by atoms with E-state index in [9.17, 15) is 14.7 Å². The van der Waals surface area contributed by atoms with Crippen molar-refractivity contribution in [3.8, 4) is 28.7 Å². The Morgan fingerprint density at radius 3 is 1.74 bits per heavy atom. The predicted octanol–water partition coefficient (Wildman–Crippen LogP) is 11.4. The molecule has 2 atom stereocenters. The monoisotopic (exact) mass is 887 g/mol. The Hall–Kier alpha value is -6.78. The molecule has 0 aliphatic carbocycles. The molecule has 7 aromatic rings. The van der Waals surface area contributed by atoms with Gasteiger partial charge in [0, 0.05) is 43.6 Å². The normalized spacial score (nSPS) is 14.7. The number of nitrogens with zero attached hydrogens (tertiary/aromatic N) is 3. The number of carbonyl (C=O) groups excluding carboxylic acids is 1. The predicted molar refractivity (Wildman–Crippen MR) is 257 cm³/mol. The van der Waals surface area contributed by atoms with Crippen molar-refractivity contribution in [1.82, 2.24) is 14.9 Å². The van der Waals surface area contributed by atoms with Gasteiger partial charge in [0.05, 0.1) is 30.5 Å². The summed E-state index contributed by atoms with van der Waals surface area (Å²) in [4.78, 5) is 35.0. The number of aryl methyl sites for hydroxylation is 6. The molecule has 0 unspecified atom stereocenters. The molecule has 0 saturated carbocycles. The zero-order valence-corrected chi connectivity index (χ0v) is 38.4. The van der Waals surface area contributed by atoms with Crippen LogP contribution in [0.5, 0.6) is 5.75 Å². The van der Waals surface area contributed by atoms with Gasteiger partial charge in [0.25, 0.3) is 0 Å². The third kappa shape index (κ3) is 13.9. The number of hydrogen-bond donors (Lipinski definition) is 1. The maximum absolute atomic E-state index is 11.9. The van der Waals surface area contributed by atoms with E-state index in [-0.39, 0.29) is 17.8 Å². The molecule has 0 amide bonds. The van der Waals surface area contributed by atoms with Crippen molar-refractivity contribution < 1.29 is 33.0 Å². The summed E-state index contributed by atoms with van der Waals surface area (Å²) in [6.07, 6.45) is 6.44. The molecule has 3 heterocycles. The first-order valence-electron chi connectivity index (χ1n) is 23.2. The average molecular weight is 888 g/mol. The lowest BCUT2D eigenvalue weighted by Crippen LogP contribution is -2.23. The van der Waals surface area contributed by atoms with Crippen LogP contribution in [0.2, 0.25) is 0 Å². The minimum Gasteiger partial charge on any atom is -0.493 e. The summed E-state index contributed by atoms with van der Waals surface area (Å²) in [6.45, 7) is 8.96. The van der Waals surface area contributed by atoms with Crippen molar-refractivity contribution in [2.24, 2.45) is 11.8 Å². The van der Waals surface area contributed by atoms with Gasteiger partial charge in [-0.3, -0.25) is 14.5 Å². The molecule has 10 nitrogen and oxygen atoms in total. The highest BCUT2D eigenvalue weighted by atomic mass is 16.5. The van der Waals surface area contributed by atoms with Gasteiger partial charge in [-0.2, -0.15) is 0 Å². The topological polar surface area (TPSA) is 128 Å². The number of rotatable bonds is 20. The van der Waals surface area contributed by atoms with Crippen molar-refractivity contribution in [2.75, 3.05) is 26.3 Å². The number of likely N-dealkylation sites (tertiary alicyclic amines) is 1. The number of aliphatic carboxylic acids is 1. The van der Waals surface area contributed by atoms with Gasteiger partial charge in [0.15, 0.2) is 0 Å². The highest BCUT2D eigenvalue weighted by Crippen LogP contribution is 2.30. The lowest BCUT2D eigenvalue weighted by Gasteiger charge is -2.16. The molecule has 0 spiro atoms. The zero-order valence-electron chi connectivity index (χ0n) is 38.4. The minimum atomic E-state index is -0.667. The third-order valence-electron chi connectivity index (χ3n) is 12.1. The van der Waals surface area contributed by atoms with E-state index in [2.05, 4.69) is 46.3 Å². The number of carboxylic acids is 1. The maximum atomic E-state index is 11.9.